The first-order valence-electron chi connectivity index (χ1n) is 6.62. The molecule has 2 rings (SSSR count). The predicted molar refractivity (Wildman–Crippen MR) is 67.8 cm³/mol. The van der Waals surface area contributed by atoms with Gasteiger partial charge < -0.3 is 10.1 Å². The summed E-state index contributed by atoms with van der Waals surface area (Å²) in [5.74, 6) is 0.560. The van der Waals surface area contributed by atoms with Crippen molar-refractivity contribution in [1.29, 1.82) is 0 Å². The smallest absolute Gasteiger partial charge is 0.0797 e. The van der Waals surface area contributed by atoms with Crippen LogP contribution in [0, 0.1) is 5.92 Å². The van der Waals surface area contributed by atoms with E-state index in [-0.39, 0.29) is 0 Å². The lowest BCUT2D eigenvalue weighted by Gasteiger charge is -2.30. The van der Waals surface area contributed by atoms with Crippen molar-refractivity contribution in [3.63, 3.8) is 0 Å². The second-order valence-electron chi connectivity index (χ2n) is 4.82. The highest BCUT2D eigenvalue weighted by molar-refractivity contribution is 5.07. The molecule has 0 spiro atoms. The van der Waals surface area contributed by atoms with Crippen LogP contribution < -0.4 is 5.32 Å². The van der Waals surface area contributed by atoms with E-state index in [1.807, 2.05) is 17.9 Å². The van der Waals surface area contributed by atoms with Gasteiger partial charge in [-0.25, -0.2) is 0 Å². The normalized spacial score (nSPS) is 22.6. The highest BCUT2D eigenvalue weighted by atomic mass is 16.5. The zero-order chi connectivity index (χ0) is 12.1. The Hall–Kier alpha value is -0.870. The molecule has 1 aliphatic heterocycles. The third-order valence-electron chi connectivity index (χ3n) is 3.33. The van der Waals surface area contributed by atoms with Crippen molar-refractivity contribution in [3.05, 3.63) is 18.0 Å². The van der Waals surface area contributed by atoms with E-state index >= 15 is 0 Å². The van der Waals surface area contributed by atoms with Gasteiger partial charge in [-0.05, 0) is 31.9 Å². The fraction of sp³-hybridized carbons (Fsp3) is 0.769. The van der Waals surface area contributed by atoms with E-state index < -0.39 is 0 Å². The van der Waals surface area contributed by atoms with Crippen LogP contribution >= 0.6 is 0 Å². The minimum atomic E-state index is 0.344. The molecule has 17 heavy (non-hydrogen) atoms. The summed E-state index contributed by atoms with van der Waals surface area (Å²) in [5, 5.41) is 8.15. The second kappa shape index (κ2) is 6.17. The highest BCUT2D eigenvalue weighted by Crippen LogP contribution is 2.27. The zero-order valence-electron chi connectivity index (χ0n) is 10.9. The number of rotatable bonds is 5. The van der Waals surface area contributed by atoms with Crippen molar-refractivity contribution in [2.45, 2.75) is 32.2 Å². The van der Waals surface area contributed by atoms with Gasteiger partial charge in [-0.15, -0.1) is 0 Å². The van der Waals surface area contributed by atoms with E-state index in [0.717, 1.165) is 31.9 Å². The van der Waals surface area contributed by atoms with Crippen LogP contribution in [0.25, 0.3) is 0 Å². The number of hydrogen-bond donors (Lipinski definition) is 1. The van der Waals surface area contributed by atoms with E-state index in [0.29, 0.717) is 12.0 Å². The topological polar surface area (TPSA) is 39.1 Å². The van der Waals surface area contributed by atoms with Gasteiger partial charge >= 0.3 is 0 Å². The van der Waals surface area contributed by atoms with Crippen LogP contribution in [-0.4, -0.2) is 29.5 Å². The summed E-state index contributed by atoms with van der Waals surface area (Å²) >= 11 is 0. The number of hydrogen-bond acceptors (Lipinski definition) is 3. The first-order chi connectivity index (χ1) is 8.31. The van der Waals surface area contributed by atoms with Crippen LogP contribution in [0.1, 0.15) is 37.9 Å². The first kappa shape index (κ1) is 12.6. The molecule has 4 nitrogen and oxygen atoms in total. The molecule has 0 saturated carbocycles. The van der Waals surface area contributed by atoms with Gasteiger partial charge in [-0.2, -0.15) is 5.10 Å². The zero-order valence-corrected chi connectivity index (χ0v) is 10.9. The molecule has 2 heterocycles. The molecule has 0 aliphatic carbocycles. The minimum Gasteiger partial charge on any atom is -0.381 e. The van der Waals surface area contributed by atoms with Crippen molar-refractivity contribution in [2.75, 3.05) is 19.8 Å². The number of nitrogens with one attached hydrogen (secondary N) is 1. The Balaban J connectivity index is 2.06. The van der Waals surface area contributed by atoms with Gasteiger partial charge in [-0.3, -0.25) is 4.68 Å². The van der Waals surface area contributed by atoms with Crippen molar-refractivity contribution in [1.82, 2.24) is 15.1 Å². The maximum absolute atomic E-state index is 5.60. The van der Waals surface area contributed by atoms with E-state index in [2.05, 4.69) is 23.4 Å². The summed E-state index contributed by atoms with van der Waals surface area (Å²) in [5.41, 5.74) is 1.15. The minimum absolute atomic E-state index is 0.344. The summed E-state index contributed by atoms with van der Waals surface area (Å²) in [6.07, 6.45) is 5.57. The average molecular weight is 237 g/mol. The fourth-order valence-corrected chi connectivity index (χ4v) is 2.44. The molecular formula is C13H23N3O. The van der Waals surface area contributed by atoms with Crippen LogP contribution in [0.2, 0.25) is 0 Å². The molecule has 1 aromatic rings. The molecule has 1 N–H and O–H groups in total. The number of aryl methyl sites for hydroxylation is 1. The molecule has 2 unspecified atom stereocenters. The van der Waals surface area contributed by atoms with Gasteiger partial charge in [0.1, 0.15) is 0 Å². The maximum Gasteiger partial charge on any atom is 0.0797 e. The molecule has 1 fully saturated rings. The largest absolute Gasteiger partial charge is 0.381 e. The maximum atomic E-state index is 5.60. The Morgan fingerprint density at radius 2 is 2.53 bits per heavy atom. The lowest BCUT2D eigenvalue weighted by molar-refractivity contribution is 0.0383. The summed E-state index contributed by atoms with van der Waals surface area (Å²) in [6, 6.07) is 2.46. The molecule has 0 bridgehead atoms. The Morgan fingerprint density at radius 1 is 1.65 bits per heavy atom. The summed E-state index contributed by atoms with van der Waals surface area (Å²) in [6.45, 7) is 5.01. The fourth-order valence-electron chi connectivity index (χ4n) is 2.44. The molecule has 1 aromatic heterocycles. The SMILES string of the molecule is CCCNC(c1ccn(C)n1)C1CCCOC1. The van der Waals surface area contributed by atoms with Gasteiger partial charge in [0.05, 0.1) is 18.3 Å². The van der Waals surface area contributed by atoms with Crippen molar-refractivity contribution in [2.24, 2.45) is 13.0 Å². The van der Waals surface area contributed by atoms with Crippen LogP contribution in [0.5, 0.6) is 0 Å². The highest BCUT2D eigenvalue weighted by Gasteiger charge is 2.26. The number of ether oxygens (including phenoxy) is 1. The van der Waals surface area contributed by atoms with Crippen LogP contribution in [-0.2, 0) is 11.8 Å². The molecule has 0 radical (unpaired) electrons. The molecule has 0 amide bonds. The quantitative estimate of drug-likeness (QED) is 0.850. The monoisotopic (exact) mass is 237 g/mol. The van der Waals surface area contributed by atoms with E-state index in [4.69, 9.17) is 4.74 Å². The van der Waals surface area contributed by atoms with Crippen molar-refractivity contribution >= 4 is 0 Å². The van der Waals surface area contributed by atoms with Crippen LogP contribution in [0.15, 0.2) is 12.3 Å². The Bertz CT molecular complexity index is 331. The molecule has 1 aliphatic rings. The summed E-state index contributed by atoms with van der Waals surface area (Å²) in [7, 11) is 1.97. The third kappa shape index (κ3) is 3.30. The number of aromatic nitrogens is 2. The lowest BCUT2D eigenvalue weighted by atomic mass is 9.91. The van der Waals surface area contributed by atoms with E-state index in [1.54, 1.807) is 0 Å². The molecule has 2 atom stereocenters. The summed E-state index contributed by atoms with van der Waals surface area (Å²) in [4.78, 5) is 0. The van der Waals surface area contributed by atoms with Gasteiger partial charge in [0.25, 0.3) is 0 Å². The Labute approximate surface area is 103 Å². The molecular weight excluding hydrogens is 214 g/mol. The van der Waals surface area contributed by atoms with Gasteiger partial charge in [0, 0.05) is 25.8 Å². The second-order valence-corrected chi connectivity index (χ2v) is 4.82. The molecule has 96 valence electrons. The molecule has 1 saturated heterocycles. The first-order valence-corrected chi connectivity index (χ1v) is 6.62. The van der Waals surface area contributed by atoms with Gasteiger partial charge in [0.2, 0.25) is 0 Å². The lowest BCUT2D eigenvalue weighted by Crippen LogP contribution is -2.34. The van der Waals surface area contributed by atoms with Crippen molar-refractivity contribution in [3.8, 4) is 0 Å². The van der Waals surface area contributed by atoms with Crippen LogP contribution in [0.4, 0.5) is 0 Å². The standard InChI is InChI=1S/C13H23N3O/c1-3-7-14-13(11-5-4-9-17-10-11)12-6-8-16(2)15-12/h6,8,11,13-14H,3-5,7,9-10H2,1-2H3. The van der Waals surface area contributed by atoms with Gasteiger partial charge in [0.15, 0.2) is 0 Å². The van der Waals surface area contributed by atoms with E-state index in [1.165, 1.54) is 12.8 Å². The Morgan fingerprint density at radius 3 is 3.12 bits per heavy atom. The number of nitrogens with zero attached hydrogens (tertiary/aromatic N) is 2. The van der Waals surface area contributed by atoms with E-state index in [9.17, 15) is 0 Å². The Kier molecular flexibility index (Phi) is 4.57. The molecule has 4 heteroatoms. The molecule has 0 aromatic carbocycles. The van der Waals surface area contributed by atoms with Crippen molar-refractivity contribution < 1.29 is 4.74 Å². The van der Waals surface area contributed by atoms with Crippen LogP contribution in [0.3, 0.4) is 0 Å². The third-order valence-corrected chi connectivity index (χ3v) is 3.33. The van der Waals surface area contributed by atoms with Gasteiger partial charge in [-0.1, -0.05) is 6.92 Å². The predicted octanol–water partition coefficient (Wildman–Crippen LogP) is 1.89. The summed E-state index contributed by atoms with van der Waals surface area (Å²) < 4.78 is 7.47. The average Bonchev–Trinajstić information content (AvgIpc) is 2.78.